The molecule has 0 atom stereocenters. The number of hydrogen-bond acceptors (Lipinski definition) is 5. The maximum absolute atomic E-state index is 4.83. The first-order chi connectivity index (χ1) is 10.3. The van der Waals surface area contributed by atoms with Gasteiger partial charge in [-0.1, -0.05) is 0 Å². The van der Waals surface area contributed by atoms with Gasteiger partial charge in [0.1, 0.15) is 5.82 Å². The number of rotatable bonds is 2. The van der Waals surface area contributed by atoms with Crippen molar-refractivity contribution in [2.75, 3.05) is 31.1 Å². The smallest absolute Gasteiger partial charge is 0.161 e. The zero-order valence-corrected chi connectivity index (χ0v) is 12.6. The minimum absolute atomic E-state index is 0.785. The highest BCUT2D eigenvalue weighted by Crippen LogP contribution is 2.24. The molecule has 2 aromatic heterocycles. The summed E-state index contributed by atoms with van der Waals surface area (Å²) < 4.78 is 0. The quantitative estimate of drug-likeness (QED) is 0.913. The fraction of sp³-hybridized carbons (Fsp3) is 0.438. The molecule has 1 saturated heterocycles. The number of nitrogens with zero attached hydrogens (tertiary/aromatic N) is 4. The maximum Gasteiger partial charge on any atom is 0.161 e. The number of anilines is 1. The van der Waals surface area contributed by atoms with Gasteiger partial charge in [0.2, 0.25) is 0 Å². The third kappa shape index (κ3) is 3.03. The van der Waals surface area contributed by atoms with Crippen molar-refractivity contribution in [3.05, 3.63) is 35.8 Å². The predicted octanol–water partition coefficient (Wildman–Crippen LogP) is 1.96. The molecule has 1 aliphatic rings. The molecule has 0 aliphatic carbocycles. The largest absolute Gasteiger partial charge is 0.355 e. The molecular formula is C16H21N5. The van der Waals surface area contributed by atoms with Gasteiger partial charge in [0, 0.05) is 48.8 Å². The normalized spacial score (nSPS) is 15.8. The fourth-order valence-corrected chi connectivity index (χ4v) is 2.61. The van der Waals surface area contributed by atoms with Crippen molar-refractivity contribution in [1.29, 1.82) is 0 Å². The Hall–Kier alpha value is -2.01. The lowest BCUT2D eigenvalue weighted by Gasteiger charge is -2.24. The van der Waals surface area contributed by atoms with Gasteiger partial charge in [-0.2, -0.15) is 0 Å². The minimum Gasteiger partial charge on any atom is -0.355 e. The molecule has 0 unspecified atom stereocenters. The maximum atomic E-state index is 4.83. The SMILES string of the molecule is Cc1nc(-c2ccncc2)nc(N2CCCNCC2)c1C. The van der Waals surface area contributed by atoms with E-state index in [2.05, 4.69) is 34.0 Å². The monoisotopic (exact) mass is 283 g/mol. The van der Waals surface area contributed by atoms with E-state index in [-0.39, 0.29) is 0 Å². The van der Waals surface area contributed by atoms with E-state index >= 15 is 0 Å². The second kappa shape index (κ2) is 6.18. The Morgan fingerprint density at radius 3 is 2.67 bits per heavy atom. The van der Waals surface area contributed by atoms with E-state index < -0.39 is 0 Å². The van der Waals surface area contributed by atoms with Gasteiger partial charge < -0.3 is 10.2 Å². The van der Waals surface area contributed by atoms with Gasteiger partial charge >= 0.3 is 0 Å². The minimum atomic E-state index is 0.785. The Kier molecular flexibility index (Phi) is 4.10. The second-order valence-corrected chi connectivity index (χ2v) is 5.41. The number of hydrogen-bond donors (Lipinski definition) is 1. The van der Waals surface area contributed by atoms with E-state index in [1.165, 1.54) is 5.56 Å². The highest BCUT2D eigenvalue weighted by molar-refractivity contribution is 5.59. The third-order valence-corrected chi connectivity index (χ3v) is 3.94. The van der Waals surface area contributed by atoms with Gasteiger partial charge in [-0.25, -0.2) is 9.97 Å². The first-order valence-corrected chi connectivity index (χ1v) is 7.47. The zero-order valence-electron chi connectivity index (χ0n) is 12.6. The van der Waals surface area contributed by atoms with Crippen LogP contribution in [-0.4, -0.2) is 41.1 Å². The lowest BCUT2D eigenvalue weighted by Crippen LogP contribution is -2.29. The lowest BCUT2D eigenvalue weighted by atomic mass is 10.2. The molecule has 0 aromatic carbocycles. The molecule has 110 valence electrons. The summed E-state index contributed by atoms with van der Waals surface area (Å²) in [4.78, 5) is 15.9. The summed E-state index contributed by atoms with van der Waals surface area (Å²) in [5.74, 6) is 1.85. The molecule has 1 fully saturated rings. The topological polar surface area (TPSA) is 53.9 Å². The van der Waals surface area contributed by atoms with Crippen LogP contribution in [0.2, 0.25) is 0 Å². The summed E-state index contributed by atoms with van der Waals surface area (Å²) in [6.45, 7) is 8.29. The van der Waals surface area contributed by atoms with Gasteiger partial charge in [-0.05, 0) is 38.9 Å². The van der Waals surface area contributed by atoms with Crippen molar-refractivity contribution in [2.24, 2.45) is 0 Å². The summed E-state index contributed by atoms with van der Waals surface area (Å²) in [6.07, 6.45) is 4.71. The van der Waals surface area contributed by atoms with Crippen LogP contribution in [0.15, 0.2) is 24.5 Å². The molecule has 5 heteroatoms. The van der Waals surface area contributed by atoms with E-state index in [4.69, 9.17) is 4.98 Å². The molecule has 0 spiro atoms. The lowest BCUT2D eigenvalue weighted by molar-refractivity contribution is 0.724. The standard InChI is InChI=1S/C16H21N5/c1-12-13(2)19-15(14-4-7-18-8-5-14)20-16(12)21-10-3-6-17-9-11-21/h4-5,7-8,17H,3,6,9-11H2,1-2H3. The summed E-state index contributed by atoms with van der Waals surface area (Å²) in [5, 5.41) is 3.43. The Bertz CT molecular complexity index is 604. The molecule has 1 aliphatic heterocycles. The summed E-state index contributed by atoms with van der Waals surface area (Å²) in [5.41, 5.74) is 3.24. The van der Waals surface area contributed by atoms with Crippen molar-refractivity contribution in [1.82, 2.24) is 20.3 Å². The van der Waals surface area contributed by atoms with Crippen LogP contribution >= 0.6 is 0 Å². The average molecular weight is 283 g/mol. The third-order valence-electron chi connectivity index (χ3n) is 3.94. The van der Waals surface area contributed by atoms with Gasteiger partial charge in [0.05, 0.1) is 0 Å². The molecular weight excluding hydrogens is 262 g/mol. The summed E-state index contributed by atoms with van der Waals surface area (Å²) in [6, 6.07) is 3.91. The number of nitrogens with one attached hydrogen (secondary N) is 1. The fourth-order valence-electron chi connectivity index (χ4n) is 2.61. The summed E-state index contributed by atoms with van der Waals surface area (Å²) >= 11 is 0. The Morgan fingerprint density at radius 2 is 1.86 bits per heavy atom. The molecule has 21 heavy (non-hydrogen) atoms. The Labute approximate surface area is 125 Å². The van der Waals surface area contributed by atoms with Crippen LogP contribution in [0.25, 0.3) is 11.4 Å². The van der Waals surface area contributed by atoms with Crippen LogP contribution in [0.1, 0.15) is 17.7 Å². The molecule has 2 aromatic rings. The van der Waals surface area contributed by atoms with Gasteiger partial charge in [0.25, 0.3) is 0 Å². The first-order valence-electron chi connectivity index (χ1n) is 7.47. The predicted molar refractivity (Wildman–Crippen MR) is 84.4 cm³/mol. The number of pyridine rings is 1. The van der Waals surface area contributed by atoms with E-state index in [1.807, 2.05) is 12.1 Å². The highest BCUT2D eigenvalue weighted by atomic mass is 15.2. The molecule has 5 nitrogen and oxygen atoms in total. The van der Waals surface area contributed by atoms with Gasteiger partial charge in [-0.15, -0.1) is 0 Å². The Morgan fingerprint density at radius 1 is 1.05 bits per heavy atom. The van der Waals surface area contributed by atoms with Crippen LogP contribution in [0.5, 0.6) is 0 Å². The van der Waals surface area contributed by atoms with Crippen LogP contribution < -0.4 is 10.2 Å². The van der Waals surface area contributed by atoms with Crippen LogP contribution in [0.3, 0.4) is 0 Å². The van der Waals surface area contributed by atoms with Gasteiger partial charge in [-0.3, -0.25) is 4.98 Å². The summed E-state index contributed by atoms with van der Waals surface area (Å²) in [7, 11) is 0. The molecule has 1 N–H and O–H groups in total. The molecule has 3 heterocycles. The van der Waals surface area contributed by atoms with Crippen LogP contribution in [0.4, 0.5) is 5.82 Å². The van der Waals surface area contributed by atoms with Gasteiger partial charge in [0.15, 0.2) is 5.82 Å². The van der Waals surface area contributed by atoms with Crippen molar-refractivity contribution in [2.45, 2.75) is 20.3 Å². The van der Waals surface area contributed by atoms with Crippen LogP contribution in [-0.2, 0) is 0 Å². The van der Waals surface area contributed by atoms with E-state index in [0.29, 0.717) is 0 Å². The molecule has 0 bridgehead atoms. The van der Waals surface area contributed by atoms with E-state index in [9.17, 15) is 0 Å². The zero-order chi connectivity index (χ0) is 14.7. The molecule has 0 saturated carbocycles. The van der Waals surface area contributed by atoms with Crippen molar-refractivity contribution < 1.29 is 0 Å². The van der Waals surface area contributed by atoms with E-state index in [0.717, 1.165) is 55.5 Å². The van der Waals surface area contributed by atoms with Crippen LogP contribution in [0, 0.1) is 13.8 Å². The van der Waals surface area contributed by atoms with Crippen molar-refractivity contribution in [3.63, 3.8) is 0 Å². The molecule has 3 rings (SSSR count). The van der Waals surface area contributed by atoms with Crippen molar-refractivity contribution in [3.8, 4) is 11.4 Å². The van der Waals surface area contributed by atoms with E-state index in [1.54, 1.807) is 12.4 Å². The Balaban J connectivity index is 2.01. The molecule has 0 amide bonds. The first kappa shape index (κ1) is 13.9. The number of aryl methyl sites for hydroxylation is 1. The highest BCUT2D eigenvalue weighted by Gasteiger charge is 2.16. The average Bonchev–Trinajstić information content (AvgIpc) is 2.80. The number of aromatic nitrogens is 3. The second-order valence-electron chi connectivity index (χ2n) is 5.41. The molecule has 0 radical (unpaired) electrons. The van der Waals surface area contributed by atoms with Crippen molar-refractivity contribution >= 4 is 5.82 Å².